The number of carboxylic acid groups (broad SMARTS) is 1. The summed E-state index contributed by atoms with van der Waals surface area (Å²) in [6.45, 7) is 0.521. The van der Waals surface area contributed by atoms with Crippen molar-refractivity contribution in [3.8, 4) is 28.5 Å². The molecule has 3 aromatic heterocycles. The minimum absolute atomic E-state index is 0.197. The summed E-state index contributed by atoms with van der Waals surface area (Å²) in [6.07, 6.45) is 5.93. The largest absolute Gasteiger partial charge is 0.493 e. The predicted octanol–water partition coefficient (Wildman–Crippen LogP) is 4.23. The van der Waals surface area contributed by atoms with Gasteiger partial charge in [0.2, 0.25) is 0 Å². The molecule has 6 nitrogen and oxygen atoms in total. The second-order valence-electron chi connectivity index (χ2n) is 6.06. The predicted molar refractivity (Wildman–Crippen MR) is 102 cm³/mol. The SMILES string of the molecule is O=C(O)CCCCCOc1cc(-c2ccccn2)nc(-c2ccccn2)c1. The van der Waals surface area contributed by atoms with Crippen molar-refractivity contribution in [2.24, 2.45) is 0 Å². The monoisotopic (exact) mass is 363 g/mol. The van der Waals surface area contributed by atoms with Crippen LogP contribution in [0.1, 0.15) is 25.7 Å². The van der Waals surface area contributed by atoms with Crippen LogP contribution in [0, 0.1) is 0 Å². The van der Waals surface area contributed by atoms with Crippen molar-refractivity contribution >= 4 is 5.97 Å². The average Bonchev–Trinajstić information content (AvgIpc) is 2.71. The van der Waals surface area contributed by atoms with Gasteiger partial charge in [0.1, 0.15) is 5.75 Å². The molecule has 0 fully saturated rings. The fraction of sp³-hybridized carbons (Fsp3) is 0.238. The van der Waals surface area contributed by atoms with Crippen molar-refractivity contribution in [3.05, 3.63) is 60.9 Å². The first-order valence-electron chi connectivity index (χ1n) is 8.92. The molecule has 0 aromatic carbocycles. The Morgan fingerprint density at radius 1 is 0.852 bits per heavy atom. The van der Waals surface area contributed by atoms with Gasteiger partial charge in [0.25, 0.3) is 0 Å². The normalized spacial score (nSPS) is 10.5. The van der Waals surface area contributed by atoms with E-state index in [0.29, 0.717) is 18.8 Å². The number of hydrogen-bond donors (Lipinski definition) is 1. The fourth-order valence-electron chi connectivity index (χ4n) is 2.62. The Kier molecular flexibility index (Phi) is 6.46. The van der Waals surface area contributed by atoms with Gasteiger partial charge in [-0.2, -0.15) is 0 Å². The number of aromatic nitrogens is 3. The van der Waals surface area contributed by atoms with Gasteiger partial charge in [-0.05, 0) is 43.5 Å². The Bertz CT molecular complexity index is 813. The van der Waals surface area contributed by atoms with Gasteiger partial charge < -0.3 is 9.84 Å². The van der Waals surface area contributed by atoms with Gasteiger partial charge in [0.05, 0.1) is 29.4 Å². The molecule has 138 valence electrons. The summed E-state index contributed by atoms with van der Waals surface area (Å²) in [7, 11) is 0. The highest BCUT2D eigenvalue weighted by Crippen LogP contribution is 2.26. The molecule has 0 amide bonds. The smallest absolute Gasteiger partial charge is 0.303 e. The molecule has 27 heavy (non-hydrogen) atoms. The third kappa shape index (κ3) is 5.60. The van der Waals surface area contributed by atoms with E-state index in [4.69, 9.17) is 9.84 Å². The molecule has 0 radical (unpaired) electrons. The Morgan fingerprint density at radius 2 is 1.48 bits per heavy atom. The quantitative estimate of drug-likeness (QED) is 0.573. The summed E-state index contributed by atoms with van der Waals surface area (Å²) in [5.74, 6) is -0.0606. The summed E-state index contributed by atoms with van der Waals surface area (Å²) >= 11 is 0. The number of rotatable bonds is 9. The minimum Gasteiger partial charge on any atom is -0.493 e. The van der Waals surface area contributed by atoms with E-state index in [1.807, 2.05) is 48.5 Å². The molecule has 6 heteroatoms. The van der Waals surface area contributed by atoms with E-state index in [9.17, 15) is 4.79 Å². The molecule has 0 saturated carbocycles. The minimum atomic E-state index is -0.759. The van der Waals surface area contributed by atoms with Crippen LogP contribution in [0.25, 0.3) is 22.8 Å². The van der Waals surface area contributed by atoms with Gasteiger partial charge in [0.15, 0.2) is 0 Å². The van der Waals surface area contributed by atoms with E-state index in [0.717, 1.165) is 35.6 Å². The van der Waals surface area contributed by atoms with E-state index < -0.39 is 5.97 Å². The summed E-state index contributed by atoms with van der Waals surface area (Å²) < 4.78 is 5.89. The summed E-state index contributed by atoms with van der Waals surface area (Å²) in [6, 6.07) is 15.1. The number of pyridine rings is 3. The van der Waals surface area contributed by atoms with Crippen molar-refractivity contribution in [1.82, 2.24) is 15.0 Å². The summed E-state index contributed by atoms with van der Waals surface area (Å²) in [5, 5.41) is 8.68. The molecule has 3 rings (SSSR count). The lowest BCUT2D eigenvalue weighted by Gasteiger charge is -2.10. The molecular formula is C21H21N3O3. The van der Waals surface area contributed by atoms with Gasteiger partial charge in [0, 0.05) is 30.9 Å². The van der Waals surface area contributed by atoms with Gasteiger partial charge in [-0.1, -0.05) is 12.1 Å². The topological polar surface area (TPSA) is 85.2 Å². The van der Waals surface area contributed by atoms with Crippen LogP contribution in [-0.2, 0) is 4.79 Å². The van der Waals surface area contributed by atoms with Crippen LogP contribution >= 0.6 is 0 Å². The number of nitrogens with zero attached hydrogens (tertiary/aromatic N) is 3. The first-order chi connectivity index (χ1) is 13.2. The highest BCUT2D eigenvalue weighted by Gasteiger charge is 2.09. The number of unbranched alkanes of at least 4 members (excludes halogenated alkanes) is 2. The second-order valence-corrected chi connectivity index (χ2v) is 6.06. The van der Waals surface area contributed by atoms with E-state index in [-0.39, 0.29) is 6.42 Å². The number of aliphatic carboxylic acids is 1. The van der Waals surface area contributed by atoms with Crippen LogP contribution in [0.4, 0.5) is 0 Å². The maximum atomic E-state index is 10.5. The summed E-state index contributed by atoms with van der Waals surface area (Å²) in [4.78, 5) is 24.0. The van der Waals surface area contributed by atoms with Crippen LogP contribution in [0.5, 0.6) is 5.75 Å². The lowest BCUT2D eigenvalue weighted by atomic mass is 10.2. The van der Waals surface area contributed by atoms with E-state index in [1.165, 1.54) is 0 Å². The number of carboxylic acids is 1. The zero-order chi connectivity index (χ0) is 18.9. The van der Waals surface area contributed by atoms with E-state index >= 15 is 0 Å². The van der Waals surface area contributed by atoms with Gasteiger partial charge >= 0.3 is 5.97 Å². The highest BCUT2D eigenvalue weighted by atomic mass is 16.5. The first kappa shape index (κ1) is 18.5. The third-order valence-electron chi connectivity index (χ3n) is 3.96. The maximum Gasteiger partial charge on any atom is 0.303 e. The fourth-order valence-corrected chi connectivity index (χ4v) is 2.62. The van der Waals surface area contributed by atoms with Crippen molar-refractivity contribution in [3.63, 3.8) is 0 Å². The van der Waals surface area contributed by atoms with Crippen molar-refractivity contribution < 1.29 is 14.6 Å². The van der Waals surface area contributed by atoms with Gasteiger partial charge in [-0.3, -0.25) is 14.8 Å². The average molecular weight is 363 g/mol. The molecule has 1 N–H and O–H groups in total. The molecule has 0 spiro atoms. The Morgan fingerprint density at radius 3 is 2.00 bits per heavy atom. The molecule has 0 unspecified atom stereocenters. The van der Waals surface area contributed by atoms with Crippen LogP contribution in [-0.4, -0.2) is 32.6 Å². The molecule has 3 aromatic rings. The van der Waals surface area contributed by atoms with Crippen LogP contribution < -0.4 is 4.74 Å². The molecule has 3 heterocycles. The van der Waals surface area contributed by atoms with Crippen LogP contribution in [0.3, 0.4) is 0 Å². The maximum absolute atomic E-state index is 10.5. The van der Waals surface area contributed by atoms with Crippen molar-refractivity contribution in [1.29, 1.82) is 0 Å². The lowest BCUT2D eigenvalue weighted by Crippen LogP contribution is -2.01. The number of hydrogen-bond acceptors (Lipinski definition) is 5. The van der Waals surface area contributed by atoms with Gasteiger partial charge in [-0.15, -0.1) is 0 Å². The molecular weight excluding hydrogens is 342 g/mol. The lowest BCUT2D eigenvalue weighted by molar-refractivity contribution is -0.137. The molecule has 0 atom stereocenters. The van der Waals surface area contributed by atoms with Gasteiger partial charge in [-0.25, -0.2) is 4.98 Å². The molecule has 0 saturated heterocycles. The van der Waals surface area contributed by atoms with Crippen LogP contribution in [0.15, 0.2) is 60.9 Å². The second kappa shape index (κ2) is 9.43. The molecule has 0 aliphatic heterocycles. The van der Waals surface area contributed by atoms with E-state index in [2.05, 4.69) is 15.0 Å². The highest BCUT2D eigenvalue weighted by molar-refractivity contribution is 5.66. The third-order valence-corrected chi connectivity index (χ3v) is 3.96. The Hall–Kier alpha value is -3.28. The zero-order valence-corrected chi connectivity index (χ0v) is 14.9. The molecule has 0 aliphatic rings. The zero-order valence-electron chi connectivity index (χ0n) is 14.9. The molecule has 0 bridgehead atoms. The summed E-state index contributed by atoms with van der Waals surface area (Å²) in [5.41, 5.74) is 2.97. The first-order valence-corrected chi connectivity index (χ1v) is 8.92. The van der Waals surface area contributed by atoms with Crippen LogP contribution in [0.2, 0.25) is 0 Å². The number of ether oxygens (including phenoxy) is 1. The van der Waals surface area contributed by atoms with Crippen molar-refractivity contribution in [2.75, 3.05) is 6.61 Å². The Balaban J connectivity index is 1.75. The van der Waals surface area contributed by atoms with Crippen molar-refractivity contribution in [2.45, 2.75) is 25.7 Å². The van der Waals surface area contributed by atoms with E-state index in [1.54, 1.807) is 12.4 Å². The Labute approximate surface area is 157 Å². The molecule has 0 aliphatic carbocycles. The number of carbonyl (C=O) groups is 1. The standard InChI is InChI=1S/C21H21N3O3/c25-21(26)10-2-1-7-13-27-16-14-19(17-8-3-5-11-22-17)24-20(15-16)18-9-4-6-12-23-18/h3-6,8-9,11-12,14-15H,1-2,7,10,13H2,(H,25,26).